The summed E-state index contributed by atoms with van der Waals surface area (Å²) in [4.78, 5) is 26.5. The summed E-state index contributed by atoms with van der Waals surface area (Å²) in [6, 6.07) is 12.4. The van der Waals surface area contributed by atoms with Crippen molar-refractivity contribution in [2.45, 2.75) is 6.54 Å². The molecule has 0 N–H and O–H groups in total. The van der Waals surface area contributed by atoms with Gasteiger partial charge in [-0.15, -0.1) is 0 Å². The molecule has 0 atom stereocenters. The Labute approximate surface area is 160 Å². The van der Waals surface area contributed by atoms with Gasteiger partial charge in [0.1, 0.15) is 11.5 Å². The average Bonchev–Trinajstić information content (AvgIpc) is 2.89. The Hall–Kier alpha value is -2.44. The van der Waals surface area contributed by atoms with Crippen LogP contribution in [0.1, 0.15) is 11.1 Å². The molecule has 2 aromatic rings. The van der Waals surface area contributed by atoms with E-state index in [2.05, 4.69) is 0 Å². The molecule has 1 saturated heterocycles. The first-order valence-electron chi connectivity index (χ1n) is 7.73. The topological polar surface area (TPSA) is 55.8 Å². The molecule has 7 heteroatoms. The number of benzene rings is 2. The number of hydrogen-bond acceptors (Lipinski definition) is 5. The van der Waals surface area contributed by atoms with Gasteiger partial charge in [0.25, 0.3) is 11.1 Å². The molecule has 1 heterocycles. The Kier molecular flexibility index (Phi) is 5.54. The van der Waals surface area contributed by atoms with E-state index in [1.165, 1.54) is 4.90 Å². The summed E-state index contributed by atoms with van der Waals surface area (Å²) >= 11 is 6.87. The van der Waals surface area contributed by atoms with Gasteiger partial charge in [-0.25, -0.2) is 0 Å². The fourth-order valence-corrected chi connectivity index (χ4v) is 3.59. The van der Waals surface area contributed by atoms with Crippen molar-refractivity contribution in [3.05, 3.63) is 63.5 Å². The second-order valence-corrected chi connectivity index (χ2v) is 6.94. The number of methoxy groups -OCH3 is 2. The molecule has 2 aromatic carbocycles. The standard InChI is InChI=1S/C19H16ClNO4S/c1-24-15-6-7-16(25-2)13(9-15)10-17-18(22)21(19(23)26-17)11-12-4-3-5-14(20)8-12/h3-10H,11H2,1-2H3/b17-10-. The molecule has 5 nitrogen and oxygen atoms in total. The maximum atomic E-state index is 12.7. The second kappa shape index (κ2) is 7.85. The van der Waals surface area contributed by atoms with Gasteiger partial charge in [0, 0.05) is 10.6 Å². The molecule has 2 amide bonds. The third-order valence-electron chi connectivity index (χ3n) is 3.83. The molecule has 0 radical (unpaired) electrons. The highest BCUT2D eigenvalue weighted by Crippen LogP contribution is 2.35. The van der Waals surface area contributed by atoms with Crippen LogP contribution in [0.5, 0.6) is 11.5 Å². The molecule has 1 fully saturated rings. The number of halogens is 1. The molecule has 0 aromatic heterocycles. The third kappa shape index (κ3) is 3.86. The number of thioether (sulfide) groups is 1. The van der Waals surface area contributed by atoms with Gasteiger partial charge in [0.15, 0.2) is 0 Å². The first-order valence-corrected chi connectivity index (χ1v) is 8.93. The maximum Gasteiger partial charge on any atom is 0.293 e. The van der Waals surface area contributed by atoms with Crippen molar-refractivity contribution in [1.82, 2.24) is 4.90 Å². The predicted molar refractivity (Wildman–Crippen MR) is 103 cm³/mol. The Morgan fingerprint density at radius 2 is 1.92 bits per heavy atom. The van der Waals surface area contributed by atoms with Crippen molar-refractivity contribution in [3.8, 4) is 11.5 Å². The van der Waals surface area contributed by atoms with Crippen LogP contribution in [0.15, 0.2) is 47.4 Å². The zero-order valence-electron chi connectivity index (χ0n) is 14.2. The molecular weight excluding hydrogens is 374 g/mol. The minimum Gasteiger partial charge on any atom is -0.497 e. The number of carbonyl (C=O) groups excluding carboxylic acids is 2. The number of nitrogens with zero attached hydrogens (tertiary/aromatic N) is 1. The van der Waals surface area contributed by atoms with Crippen molar-refractivity contribution in [2.24, 2.45) is 0 Å². The van der Waals surface area contributed by atoms with Gasteiger partial charge in [-0.2, -0.15) is 0 Å². The summed E-state index contributed by atoms with van der Waals surface area (Å²) < 4.78 is 10.5. The second-order valence-electron chi connectivity index (χ2n) is 5.51. The largest absolute Gasteiger partial charge is 0.497 e. The lowest BCUT2D eigenvalue weighted by molar-refractivity contribution is -0.123. The van der Waals surface area contributed by atoms with E-state index in [1.54, 1.807) is 56.7 Å². The molecule has 0 saturated carbocycles. The average molecular weight is 390 g/mol. The number of imide groups is 1. The first kappa shape index (κ1) is 18.4. The molecule has 1 aliphatic heterocycles. The summed E-state index contributed by atoms with van der Waals surface area (Å²) in [5.74, 6) is 0.882. The number of carbonyl (C=O) groups is 2. The van der Waals surface area contributed by atoms with Crippen LogP contribution in [-0.4, -0.2) is 30.3 Å². The van der Waals surface area contributed by atoms with Gasteiger partial charge in [-0.3, -0.25) is 14.5 Å². The monoisotopic (exact) mass is 389 g/mol. The van der Waals surface area contributed by atoms with Crippen molar-refractivity contribution in [3.63, 3.8) is 0 Å². The molecule has 0 unspecified atom stereocenters. The van der Waals surface area contributed by atoms with Crippen LogP contribution in [0.3, 0.4) is 0 Å². The van der Waals surface area contributed by atoms with Crippen LogP contribution in [0.25, 0.3) is 6.08 Å². The van der Waals surface area contributed by atoms with Gasteiger partial charge in [-0.1, -0.05) is 23.7 Å². The maximum absolute atomic E-state index is 12.7. The van der Waals surface area contributed by atoms with Crippen molar-refractivity contribution >= 4 is 40.6 Å². The summed E-state index contributed by atoms with van der Waals surface area (Å²) in [6.07, 6.45) is 1.64. The van der Waals surface area contributed by atoms with Crippen LogP contribution in [0.2, 0.25) is 5.02 Å². The van der Waals surface area contributed by atoms with Crippen LogP contribution in [0, 0.1) is 0 Å². The van der Waals surface area contributed by atoms with E-state index in [0.29, 0.717) is 27.0 Å². The lowest BCUT2D eigenvalue weighted by atomic mass is 10.1. The van der Waals surface area contributed by atoms with Crippen molar-refractivity contribution in [1.29, 1.82) is 0 Å². The molecular formula is C19H16ClNO4S. The zero-order chi connectivity index (χ0) is 18.7. The zero-order valence-corrected chi connectivity index (χ0v) is 15.8. The van der Waals surface area contributed by atoms with E-state index in [4.69, 9.17) is 21.1 Å². The Bertz CT molecular complexity index is 897. The van der Waals surface area contributed by atoms with Gasteiger partial charge in [-0.05, 0) is 53.7 Å². The molecule has 134 valence electrons. The van der Waals surface area contributed by atoms with E-state index < -0.39 is 0 Å². The van der Waals surface area contributed by atoms with Crippen LogP contribution in [-0.2, 0) is 11.3 Å². The van der Waals surface area contributed by atoms with E-state index in [9.17, 15) is 9.59 Å². The normalized spacial score (nSPS) is 15.7. The lowest BCUT2D eigenvalue weighted by Gasteiger charge is -2.12. The molecule has 1 aliphatic rings. The van der Waals surface area contributed by atoms with Crippen molar-refractivity contribution < 1.29 is 19.1 Å². The van der Waals surface area contributed by atoms with Crippen LogP contribution < -0.4 is 9.47 Å². The number of rotatable bonds is 5. The highest BCUT2D eigenvalue weighted by atomic mass is 35.5. The minimum atomic E-state index is -0.343. The van der Waals surface area contributed by atoms with E-state index in [1.807, 2.05) is 6.07 Å². The first-order chi connectivity index (χ1) is 12.5. The smallest absolute Gasteiger partial charge is 0.293 e. The molecule has 0 spiro atoms. The quantitative estimate of drug-likeness (QED) is 0.700. The lowest BCUT2D eigenvalue weighted by Crippen LogP contribution is -2.27. The number of amides is 2. The van der Waals surface area contributed by atoms with E-state index >= 15 is 0 Å². The van der Waals surface area contributed by atoms with Gasteiger partial charge in [0.05, 0.1) is 25.7 Å². The number of hydrogen-bond donors (Lipinski definition) is 0. The van der Waals surface area contributed by atoms with Crippen molar-refractivity contribution in [2.75, 3.05) is 14.2 Å². The SMILES string of the molecule is COc1ccc(OC)c(/C=C2\SC(=O)N(Cc3cccc(Cl)c3)C2=O)c1. The van der Waals surface area contributed by atoms with Gasteiger partial charge in [0.2, 0.25) is 0 Å². The minimum absolute atomic E-state index is 0.178. The third-order valence-corrected chi connectivity index (χ3v) is 4.97. The Morgan fingerprint density at radius 1 is 1.12 bits per heavy atom. The highest BCUT2D eigenvalue weighted by molar-refractivity contribution is 8.18. The fraction of sp³-hybridized carbons (Fsp3) is 0.158. The molecule has 26 heavy (non-hydrogen) atoms. The van der Waals surface area contributed by atoms with Crippen LogP contribution in [0.4, 0.5) is 4.79 Å². The Morgan fingerprint density at radius 3 is 2.62 bits per heavy atom. The highest BCUT2D eigenvalue weighted by Gasteiger charge is 2.35. The van der Waals surface area contributed by atoms with E-state index in [-0.39, 0.29) is 17.7 Å². The summed E-state index contributed by atoms with van der Waals surface area (Å²) in [5.41, 5.74) is 1.46. The summed E-state index contributed by atoms with van der Waals surface area (Å²) in [6.45, 7) is 0.178. The van der Waals surface area contributed by atoms with Gasteiger partial charge >= 0.3 is 0 Å². The van der Waals surface area contributed by atoms with E-state index in [0.717, 1.165) is 17.3 Å². The summed E-state index contributed by atoms with van der Waals surface area (Å²) in [5, 5.41) is 0.245. The summed E-state index contributed by atoms with van der Waals surface area (Å²) in [7, 11) is 3.11. The fourth-order valence-electron chi connectivity index (χ4n) is 2.55. The molecule has 3 rings (SSSR count). The predicted octanol–water partition coefficient (Wildman–Crippen LogP) is 4.59. The molecule has 0 bridgehead atoms. The van der Waals surface area contributed by atoms with Crippen LogP contribution >= 0.6 is 23.4 Å². The molecule has 0 aliphatic carbocycles. The Balaban J connectivity index is 1.88. The number of ether oxygens (including phenoxy) is 2. The van der Waals surface area contributed by atoms with Gasteiger partial charge < -0.3 is 9.47 Å².